The molecule has 6 atom stereocenters. The second-order valence-electron chi connectivity index (χ2n) is 10.2. The van der Waals surface area contributed by atoms with Crippen molar-refractivity contribution in [3.63, 3.8) is 0 Å². The first-order valence-corrected chi connectivity index (χ1v) is 11.3. The molecule has 0 aromatic carbocycles. The fourth-order valence-electron chi connectivity index (χ4n) is 7.74. The fraction of sp³-hybridized carbons (Fsp3) is 0.833. The lowest BCUT2D eigenvalue weighted by Crippen LogP contribution is -2.59. The summed E-state index contributed by atoms with van der Waals surface area (Å²) >= 11 is 0. The number of Topliss-reactive ketones (excluding diaryl/α,β-unsaturated/α-hetero) is 1. The number of allylic oxidation sites excluding steroid dienone is 1. The van der Waals surface area contributed by atoms with Crippen LogP contribution in [0.5, 0.6) is 0 Å². The molecule has 6 unspecified atom stereocenters. The van der Waals surface area contributed by atoms with Gasteiger partial charge in [0.15, 0.2) is 11.6 Å². The van der Waals surface area contributed by atoms with Crippen LogP contribution in [0.2, 0.25) is 0 Å². The Balaban J connectivity index is 1.67. The highest BCUT2D eigenvalue weighted by Gasteiger charge is 2.67. The molecule has 0 aromatic rings. The lowest BCUT2D eigenvalue weighted by molar-refractivity contribution is -0.179. The SMILES string of the molecule is CCCOC1(C(=O)CO)CCC2C3CCC4=CC(=O)CCC4(C)C3CCC21C. The molecule has 0 spiro atoms. The summed E-state index contributed by atoms with van der Waals surface area (Å²) in [6.07, 6.45) is 10.5. The zero-order chi connectivity index (χ0) is 20.2. The van der Waals surface area contributed by atoms with Gasteiger partial charge in [0.2, 0.25) is 0 Å². The Labute approximate surface area is 169 Å². The molecule has 4 aliphatic carbocycles. The summed E-state index contributed by atoms with van der Waals surface area (Å²) in [4.78, 5) is 25.0. The Kier molecular flexibility index (Phi) is 5.11. The summed E-state index contributed by atoms with van der Waals surface area (Å²) in [6.45, 7) is 6.88. The van der Waals surface area contributed by atoms with Gasteiger partial charge < -0.3 is 9.84 Å². The van der Waals surface area contributed by atoms with Crippen molar-refractivity contribution in [1.82, 2.24) is 0 Å². The summed E-state index contributed by atoms with van der Waals surface area (Å²) in [7, 11) is 0. The van der Waals surface area contributed by atoms with Crippen LogP contribution in [-0.2, 0) is 14.3 Å². The van der Waals surface area contributed by atoms with Crippen LogP contribution in [0.4, 0.5) is 0 Å². The third-order valence-corrected chi connectivity index (χ3v) is 9.23. The summed E-state index contributed by atoms with van der Waals surface area (Å²) in [5, 5.41) is 9.75. The maximum absolute atomic E-state index is 13.0. The van der Waals surface area contributed by atoms with E-state index in [2.05, 4.69) is 20.8 Å². The molecule has 0 saturated heterocycles. The van der Waals surface area contributed by atoms with Crippen molar-refractivity contribution in [3.8, 4) is 0 Å². The van der Waals surface area contributed by atoms with Gasteiger partial charge in [0.25, 0.3) is 0 Å². The van der Waals surface area contributed by atoms with Crippen molar-refractivity contribution < 1.29 is 19.4 Å². The standard InChI is InChI=1S/C24H36O4/c1-4-13-28-24(21(27)15-25)12-9-20-18-6-5-16-14-17(26)7-10-22(16,2)19(18)8-11-23(20,24)3/h14,18-20,25H,4-13,15H2,1-3H3. The average molecular weight is 389 g/mol. The Hall–Kier alpha value is -1.00. The highest BCUT2D eigenvalue weighted by atomic mass is 16.5. The van der Waals surface area contributed by atoms with Crippen LogP contribution in [0.15, 0.2) is 11.6 Å². The van der Waals surface area contributed by atoms with Gasteiger partial charge in [0.05, 0.1) is 0 Å². The van der Waals surface area contributed by atoms with E-state index in [-0.39, 0.29) is 16.6 Å². The van der Waals surface area contributed by atoms with Crippen LogP contribution >= 0.6 is 0 Å². The molecule has 4 aliphatic rings. The molecule has 28 heavy (non-hydrogen) atoms. The van der Waals surface area contributed by atoms with E-state index in [1.54, 1.807) is 0 Å². The second kappa shape index (κ2) is 7.05. The number of hydrogen-bond donors (Lipinski definition) is 1. The number of rotatable bonds is 5. The molecule has 4 nitrogen and oxygen atoms in total. The number of ketones is 2. The van der Waals surface area contributed by atoms with E-state index < -0.39 is 12.2 Å². The largest absolute Gasteiger partial charge is 0.388 e. The smallest absolute Gasteiger partial charge is 0.190 e. The number of carbonyl (C=O) groups excluding carboxylic acids is 2. The lowest BCUT2D eigenvalue weighted by atomic mass is 9.46. The molecule has 3 fully saturated rings. The molecule has 0 radical (unpaired) electrons. The van der Waals surface area contributed by atoms with Crippen LogP contribution < -0.4 is 0 Å². The topological polar surface area (TPSA) is 63.6 Å². The van der Waals surface area contributed by atoms with Crippen LogP contribution in [0.25, 0.3) is 0 Å². The number of aliphatic hydroxyl groups excluding tert-OH is 1. The highest BCUT2D eigenvalue weighted by molar-refractivity contribution is 5.91. The molecular weight excluding hydrogens is 352 g/mol. The van der Waals surface area contributed by atoms with Gasteiger partial charge in [-0.15, -0.1) is 0 Å². The molecule has 0 aliphatic heterocycles. The van der Waals surface area contributed by atoms with Gasteiger partial charge >= 0.3 is 0 Å². The van der Waals surface area contributed by atoms with Crippen LogP contribution in [0.1, 0.15) is 78.6 Å². The van der Waals surface area contributed by atoms with Crippen LogP contribution in [-0.4, -0.2) is 35.5 Å². The summed E-state index contributed by atoms with van der Waals surface area (Å²) < 4.78 is 6.32. The Morgan fingerprint density at radius 2 is 1.89 bits per heavy atom. The zero-order valence-electron chi connectivity index (χ0n) is 17.8. The van der Waals surface area contributed by atoms with E-state index in [0.29, 0.717) is 36.6 Å². The minimum absolute atomic E-state index is 0.115. The van der Waals surface area contributed by atoms with Crippen LogP contribution in [0, 0.1) is 28.6 Å². The fourth-order valence-corrected chi connectivity index (χ4v) is 7.74. The molecule has 0 bridgehead atoms. The van der Waals surface area contributed by atoms with Crippen molar-refractivity contribution >= 4 is 11.6 Å². The molecule has 0 heterocycles. The van der Waals surface area contributed by atoms with E-state index in [9.17, 15) is 14.7 Å². The maximum atomic E-state index is 13.0. The van der Waals surface area contributed by atoms with Crippen molar-refractivity contribution in [2.45, 2.75) is 84.2 Å². The van der Waals surface area contributed by atoms with Crippen molar-refractivity contribution in [2.75, 3.05) is 13.2 Å². The first-order chi connectivity index (χ1) is 13.3. The first kappa shape index (κ1) is 20.3. The van der Waals surface area contributed by atoms with Gasteiger partial charge in [0, 0.05) is 18.4 Å². The third-order valence-electron chi connectivity index (χ3n) is 9.23. The van der Waals surface area contributed by atoms with Gasteiger partial charge in [-0.3, -0.25) is 9.59 Å². The number of ether oxygens (including phenoxy) is 1. The minimum Gasteiger partial charge on any atom is -0.388 e. The molecular formula is C24H36O4. The molecule has 0 aromatic heterocycles. The molecule has 0 amide bonds. The van der Waals surface area contributed by atoms with E-state index >= 15 is 0 Å². The Bertz CT molecular complexity index is 697. The van der Waals surface area contributed by atoms with Crippen molar-refractivity contribution in [1.29, 1.82) is 0 Å². The van der Waals surface area contributed by atoms with Gasteiger partial charge in [-0.1, -0.05) is 26.3 Å². The van der Waals surface area contributed by atoms with Gasteiger partial charge in [0.1, 0.15) is 12.2 Å². The zero-order valence-corrected chi connectivity index (χ0v) is 17.8. The minimum atomic E-state index is -0.813. The number of hydrogen-bond acceptors (Lipinski definition) is 4. The molecule has 4 rings (SSSR count). The summed E-state index contributed by atoms with van der Waals surface area (Å²) in [6, 6.07) is 0. The average Bonchev–Trinajstić information content (AvgIpc) is 2.99. The predicted octanol–water partition coefficient (Wildman–Crippen LogP) is 4.25. The predicted molar refractivity (Wildman–Crippen MR) is 108 cm³/mol. The van der Waals surface area contributed by atoms with Crippen LogP contribution in [0.3, 0.4) is 0 Å². The Morgan fingerprint density at radius 3 is 2.61 bits per heavy atom. The molecule has 4 heteroatoms. The quantitative estimate of drug-likeness (QED) is 0.765. The number of fused-ring (bicyclic) bond motifs is 5. The van der Waals surface area contributed by atoms with E-state index in [0.717, 1.165) is 51.4 Å². The number of aliphatic hydroxyl groups is 1. The first-order valence-electron chi connectivity index (χ1n) is 11.3. The monoisotopic (exact) mass is 388 g/mol. The third kappa shape index (κ3) is 2.63. The Morgan fingerprint density at radius 1 is 1.14 bits per heavy atom. The number of carbonyl (C=O) groups is 2. The maximum Gasteiger partial charge on any atom is 0.190 e. The summed E-state index contributed by atoms with van der Waals surface area (Å²) in [5.74, 6) is 1.84. The highest BCUT2D eigenvalue weighted by Crippen LogP contribution is 2.68. The molecule has 1 N–H and O–H groups in total. The van der Waals surface area contributed by atoms with E-state index in [1.807, 2.05) is 6.08 Å². The van der Waals surface area contributed by atoms with Crippen molar-refractivity contribution in [3.05, 3.63) is 11.6 Å². The van der Waals surface area contributed by atoms with Crippen molar-refractivity contribution in [2.24, 2.45) is 28.6 Å². The van der Waals surface area contributed by atoms with E-state index in [1.165, 1.54) is 5.57 Å². The van der Waals surface area contributed by atoms with Gasteiger partial charge in [-0.05, 0) is 80.6 Å². The van der Waals surface area contributed by atoms with Gasteiger partial charge in [-0.2, -0.15) is 0 Å². The molecule has 156 valence electrons. The van der Waals surface area contributed by atoms with E-state index in [4.69, 9.17) is 4.74 Å². The summed E-state index contributed by atoms with van der Waals surface area (Å²) in [5.41, 5.74) is 0.527. The normalized spacial score (nSPS) is 45.1. The molecule has 3 saturated carbocycles. The lowest BCUT2D eigenvalue weighted by Gasteiger charge is -2.59. The van der Waals surface area contributed by atoms with Gasteiger partial charge in [-0.25, -0.2) is 0 Å². The second-order valence-corrected chi connectivity index (χ2v) is 10.2.